The third-order valence-electron chi connectivity index (χ3n) is 1.92. The van der Waals surface area contributed by atoms with E-state index in [4.69, 9.17) is 15.3 Å². The zero-order chi connectivity index (χ0) is 18.2. The number of hydrogen-bond acceptors (Lipinski definition) is 3. The summed E-state index contributed by atoms with van der Waals surface area (Å²) in [4.78, 5) is 30.1. The Morgan fingerprint density at radius 3 is 0.545 bits per heavy atom. The van der Waals surface area contributed by atoms with Crippen LogP contribution in [0.15, 0.2) is 0 Å². The Hall–Kier alpha value is -0.213. The van der Waals surface area contributed by atoms with E-state index < -0.39 is 34.2 Å². The van der Waals surface area contributed by atoms with Crippen LogP contribution >= 0.6 is 0 Å². The van der Waals surface area contributed by atoms with Crippen LogP contribution in [0.2, 0.25) is 0 Å². The largest absolute Gasteiger partial charge is 0.481 e. The van der Waals surface area contributed by atoms with Gasteiger partial charge in [0.15, 0.2) is 0 Å². The Morgan fingerprint density at radius 2 is 0.545 bits per heavy atom. The SMILES string of the molecule is CC(C)(C)C(=O)O.CC(C)(C)C(=O)O.CC(C)(C)C(=O)O.[Ce]. The van der Waals surface area contributed by atoms with E-state index in [2.05, 4.69) is 0 Å². The molecule has 0 amide bonds. The minimum absolute atomic E-state index is 0. The summed E-state index contributed by atoms with van der Waals surface area (Å²) in [6.07, 6.45) is 0. The van der Waals surface area contributed by atoms with Gasteiger partial charge < -0.3 is 15.3 Å². The van der Waals surface area contributed by atoms with Gasteiger partial charge in [-0.3, -0.25) is 14.4 Å². The van der Waals surface area contributed by atoms with Crippen LogP contribution in [0.5, 0.6) is 0 Å². The van der Waals surface area contributed by atoms with E-state index in [1.807, 2.05) is 0 Å². The summed E-state index contributed by atoms with van der Waals surface area (Å²) in [5.41, 5.74) is -1.75. The molecule has 130 valence electrons. The number of carboxylic acids is 3. The molecule has 0 saturated carbocycles. The maximum atomic E-state index is 10.0. The van der Waals surface area contributed by atoms with E-state index in [9.17, 15) is 14.4 Å². The van der Waals surface area contributed by atoms with Crippen molar-refractivity contribution in [2.75, 3.05) is 0 Å². The van der Waals surface area contributed by atoms with Gasteiger partial charge in [0.05, 0.1) is 16.2 Å². The Balaban J connectivity index is -0.000000108. The standard InChI is InChI=1S/3C5H10O2.Ce/c3*1-5(2,3)4(6)7;/h3*1-3H3,(H,6,7);. The molecule has 6 nitrogen and oxygen atoms in total. The van der Waals surface area contributed by atoms with Crippen LogP contribution in [0.4, 0.5) is 0 Å². The topological polar surface area (TPSA) is 112 Å². The van der Waals surface area contributed by atoms with Crippen molar-refractivity contribution in [3.63, 3.8) is 0 Å². The summed E-state index contributed by atoms with van der Waals surface area (Å²) >= 11 is 0. The molecule has 0 aromatic heterocycles. The van der Waals surface area contributed by atoms with Crippen molar-refractivity contribution in [1.29, 1.82) is 0 Å². The molecular formula is C15H30CeO6. The summed E-state index contributed by atoms with van der Waals surface area (Å²) in [5, 5.41) is 24.8. The third kappa shape index (κ3) is 22.1. The minimum Gasteiger partial charge on any atom is -0.481 e. The first-order chi connectivity index (χ1) is 8.83. The Bertz CT molecular complexity index is 299. The predicted octanol–water partition coefficient (Wildman–Crippen LogP) is 3.35. The smallest absolute Gasteiger partial charge is 0.308 e. The van der Waals surface area contributed by atoms with E-state index in [0.717, 1.165) is 0 Å². The van der Waals surface area contributed by atoms with E-state index in [1.165, 1.54) is 0 Å². The summed E-state index contributed by atoms with van der Waals surface area (Å²) in [6, 6.07) is 0. The average molecular weight is 447 g/mol. The summed E-state index contributed by atoms with van der Waals surface area (Å²) in [7, 11) is 0. The van der Waals surface area contributed by atoms with Crippen molar-refractivity contribution in [2.24, 2.45) is 16.2 Å². The zero-order valence-electron chi connectivity index (χ0n) is 15.1. The summed E-state index contributed by atoms with van der Waals surface area (Å²) < 4.78 is 0. The van der Waals surface area contributed by atoms with E-state index >= 15 is 0 Å². The van der Waals surface area contributed by atoms with E-state index in [-0.39, 0.29) is 41.7 Å². The molecular weight excluding hydrogens is 416 g/mol. The van der Waals surface area contributed by atoms with E-state index in [0.29, 0.717) is 0 Å². The molecule has 0 aromatic rings. The molecule has 0 spiro atoms. The molecule has 7 heteroatoms. The van der Waals surface area contributed by atoms with Crippen LogP contribution in [0, 0.1) is 58.0 Å². The molecule has 0 atom stereocenters. The quantitative estimate of drug-likeness (QED) is 0.526. The van der Waals surface area contributed by atoms with Crippen molar-refractivity contribution >= 4 is 17.9 Å². The molecule has 0 aliphatic rings. The van der Waals surface area contributed by atoms with Crippen molar-refractivity contribution in [1.82, 2.24) is 0 Å². The van der Waals surface area contributed by atoms with Crippen LogP contribution in [0.25, 0.3) is 0 Å². The zero-order valence-corrected chi connectivity index (χ0v) is 18.2. The average Bonchev–Trinajstić information content (AvgIpc) is 2.14. The molecule has 0 aliphatic heterocycles. The predicted molar refractivity (Wildman–Crippen MR) is 81.3 cm³/mol. The molecule has 0 radical (unpaired) electrons. The van der Waals surface area contributed by atoms with Crippen LogP contribution in [-0.4, -0.2) is 33.2 Å². The van der Waals surface area contributed by atoms with Gasteiger partial charge >= 0.3 is 17.9 Å². The maximum Gasteiger partial charge on any atom is 0.308 e. The number of carboxylic acid groups (broad SMARTS) is 3. The van der Waals surface area contributed by atoms with Gasteiger partial charge in [-0.25, -0.2) is 0 Å². The molecule has 0 bridgehead atoms. The van der Waals surface area contributed by atoms with E-state index in [1.54, 1.807) is 62.3 Å². The summed E-state index contributed by atoms with van der Waals surface area (Å²) in [5.74, 6) is -2.27. The molecule has 0 rings (SSSR count). The monoisotopic (exact) mass is 446 g/mol. The molecule has 3 N–H and O–H groups in total. The van der Waals surface area contributed by atoms with Crippen molar-refractivity contribution in [2.45, 2.75) is 62.3 Å². The second-order valence-corrected chi connectivity index (χ2v) is 7.67. The molecule has 0 fully saturated rings. The molecule has 0 saturated heterocycles. The van der Waals surface area contributed by atoms with Crippen molar-refractivity contribution < 1.29 is 71.5 Å². The van der Waals surface area contributed by atoms with Gasteiger partial charge in [0.2, 0.25) is 0 Å². The fraction of sp³-hybridized carbons (Fsp3) is 0.800. The van der Waals surface area contributed by atoms with Gasteiger partial charge in [-0.15, -0.1) is 0 Å². The molecule has 0 heterocycles. The maximum absolute atomic E-state index is 10.0. The number of aliphatic carboxylic acids is 3. The molecule has 22 heavy (non-hydrogen) atoms. The molecule has 0 aliphatic carbocycles. The fourth-order valence-electron chi connectivity index (χ4n) is 0. The first-order valence-corrected chi connectivity index (χ1v) is 6.53. The Morgan fingerprint density at radius 1 is 0.500 bits per heavy atom. The van der Waals surface area contributed by atoms with Gasteiger partial charge in [-0.1, -0.05) is 0 Å². The molecule has 0 aromatic carbocycles. The number of rotatable bonds is 0. The second-order valence-electron chi connectivity index (χ2n) is 7.67. The number of carbonyl (C=O) groups is 3. The number of hydrogen-bond donors (Lipinski definition) is 3. The van der Waals surface area contributed by atoms with Crippen LogP contribution in [0.1, 0.15) is 62.3 Å². The van der Waals surface area contributed by atoms with Crippen molar-refractivity contribution in [3.8, 4) is 0 Å². The van der Waals surface area contributed by atoms with Crippen LogP contribution in [-0.2, 0) is 14.4 Å². The Labute approximate surface area is 167 Å². The first kappa shape index (κ1) is 29.8. The summed E-state index contributed by atoms with van der Waals surface area (Å²) in [6.45, 7) is 15.0. The van der Waals surface area contributed by atoms with Gasteiger partial charge in [0.1, 0.15) is 0 Å². The van der Waals surface area contributed by atoms with Crippen LogP contribution in [0.3, 0.4) is 0 Å². The fourth-order valence-corrected chi connectivity index (χ4v) is 0. The van der Waals surface area contributed by atoms with Gasteiger partial charge in [-0.2, -0.15) is 0 Å². The Kier molecular flexibility index (Phi) is 15.3. The van der Waals surface area contributed by atoms with Gasteiger partial charge in [0, 0.05) is 41.7 Å². The third-order valence-corrected chi connectivity index (χ3v) is 1.92. The second kappa shape index (κ2) is 11.3. The van der Waals surface area contributed by atoms with Crippen molar-refractivity contribution in [3.05, 3.63) is 0 Å². The van der Waals surface area contributed by atoms with Gasteiger partial charge in [-0.05, 0) is 62.3 Å². The van der Waals surface area contributed by atoms with Gasteiger partial charge in [0.25, 0.3) is 0 Å². The minimum atomic E-state index is -0.757. The normalized spacial score (nSPS) is 10.8. The van der Waals surface area contributed by atoms with Crippen LogP contribution < -0.4 is 0 Å². The first-order valence-electron chi connectivity index (χ1n) is 6.53. The molecule has 0 unspecified atom stereocenters.